The van der Waals surface area contributed by atoms with E-state index in [9.17, 15) is 14.4 Å². The molecule has 0 radical (unpaired) electrons. The van der Waals surface area contributed by atoms with Gasteiger partial charge in [0, 0.05) is 39.3 Å². The Bertz CT molecular complexity index is 637. The quantitative estimate of drug-likeness (QED) is 0.752. The molecular formula is C17H22N4O4. The average Bonchev–Trinajstić information content (AvgIpc) is 3.19. The highest BCUT2D eigenvalue weighted by atomic mass is 16.5. The van der Waals surface area contributed by atoms with E-state index in [0.717, 1.165) is 25.9 Å². The van der Waals surface area contributed by atoms with E-state index in [1.165, 1.54) is 0 Å². The Labute approximate surface area is 146 Å². The van der Waals surface area contributed by atoms with Gasteiger partial charge in [0.15, 0.2) is 0 Å². The summed E-state index contributed by atoms with van der Waals surface area (Å²) in [6.45, 7) is 3.14. The zero-order valence-corrected chi connectivity index (χ0v) is 14.0. The van der Waals surface area contributed by atoms with Crippen LogP contribution in [0.25, 0.3) is 0 Å². The predicted molar refractivity (Wildman–Crippen MR) is 89.1 cm³/mol. The van der Waals surface area contributed by atoms with Crippen LogP contribution in [0.15, 0.2) is 18.2 Å². The van der Waals surface area contributed by atoms with Gasteiger partial charge in [-0.05, 0) is 25.0 Å². The lowest BCUT2D eigenvalue weighted by molar-refractivity contribution is -0.119. The van der Waals surface area contributed by atoms with E-state index in [2.05, 4.69) is 10.3 Å². The summed E-state index contributed by atoms with van der Waals surface area (Å²) < 4.78 is 5.47. The molecule has 3 rings (SSSR count). The molecule has 0 bridgehead atoms. The number of rotatable bonds is 5. The maximum Gasteiger partial charge on any atom is 0.272 e. The van der Waals surface area contributed by atoms with Crippen molar-refractivity contribution in [2.75, 3.05) is 39.3 Å². The number of nitrogens with one attached hydrogen (secondary N) is 1. The van der Waals surface area contributed by atoms with E-state index in [0.29, 0.717) is 32.7 Å². The molecule has 8 heteroatoms. The number of carbonyl (C=O) groups is 3. The van der Waals surface area contributed by atoms with Gasteiger partial charge >= 0.3 is 0 Å². The highest BCUT2D eigenvalue weighted by Crippen LogP contribution is 2.11. The van der Waals surface area contributed by atoms with Crippen molar-refractivity contribution in [3.63, 3.8) is 0 Å². The van der Waals surface area contributed by atoms with Crippen LogP contribution in [-0.2, 0) is 9.53 Å². The van der Waals surface area contributed by atoms with Crippen molar-refractivity contribution in [2.24, 2.45) is 0 Å². The smallest absolute Gasteiger partial charge is 0.272 e. The molecule has 1 N–H and O–H groups in total. The lowest BCUT2D eigenvalue weighted by Gasteiger charge is -2.32. The molecule has 0 aromatic carbocycles. The maximum atomic E-state index is 12.5. The molecule has 2 fully saturated rings. The van der Waals surface area contributed by atoms with Crippen molar-refractivity contribution < 1.29 is 19.1 Å². The highest BCUT2D eigenvalue weighted by molar-refractivity contribution is 5.96. The first-order chi connectivity index (χ1) is 12.2. The fraction of sp³-hybridized carbons (Fsp3) is 0.529. The summed E-state index contributed by atoms with van der Waals surface area (Å²) in [5, 5.41) is 2.80. The fourth-order valence-corrected chi connectivity index (χ4v) is 2.98. The normalized spacial score (nSPS) is 20.4. The topological polar surface area (TPSA) is 91.8 Å². The Kier molecular flexibility index (Phi) is 5.60. The molecule has 3 amide bonds. The van der Waals surface area contributed by atoms with Crippen LogP contribution in [0.4, 0.5) is 0 Å². The SMILES string of the molecule is O=CN1CCN(C(=O)c2cccc(C(=O)NCC3CCCO3)n2)CC1. The second-order valence-electron chi connectivity index (χ2n) is 6.19. The van der Waals surface area contributed by atoms with Gasteiger partial charge in [-0.25, -0.2) is 4.98 Å². The summed E-state index contributed by atoms with van der Waals surface area (Å²) in [7, 11) is 0. The molecule has 0 aliphatic carbocycles. The maximum absolute atomic E-state index is 12.5. The molecule has 3 heterocycles. The number of ether oxygens (including phenoxy) is 1. The second-order valence-corrected chi connectivity index (χ2v) is 6.19. The molecule has 1 atom stereocenters. The van der Waals surface area contributed by atoms with Crippen LogP contribution in [0.5, 0.6) is 0 Å². The number of aromatic nitrogens is 1. The average molecular weight is 346 g/mol. The van der Waals surface area contributed by atoms with Gasteiger partial charge < -0.3 is 19.9 Å². The summed E-state index contributed by atoms with van der Waals surface area (Å²) in [4.78, 5) is 43.0. The zero-order chi connectivity index (χ0) is 17.6. The highest BCUT2D eigenvalue weighted by Gasteiger charge is 2.23. The van der Waals surface area contributed by atoms with Gasteiger partial charge in [-0.15, -0.1) is 0 Å². The van der Waals surface area contributed by atoms with Crippen LogP contribution in [-0.4, -0.2) is 78.4 Å². The Hall–Kier alpha value is -2.48. The van der Waals surface area contributed by atoms with Gasteiger partial charge in [0.1, 0.15) is 11.4 Å². The van der Waals surface area contributed by atoms with Crippen LogP contribution >= 0.6 is 0 Å². The summed E-state index contributed by atoms with van der Waals surface area (Å²) >= 11 is 0. The van der Waals surface area contributed by atoms with E-state index in [1.54, 1.807) is 28.0 Å². The molecule has 8 nitrogen and oxygen atoms in total. The Balaban J connectivity index is 1.59. The first-order valence-electron chi connectivity index (χ1n) is 8.53. The molecule has 2 saturated heterocycles. The van der Waals surface area contributed by atoms with E-state index < -0.39 is 0 Å². The third kappa shape index (κ3) is 4.33. The van der Waals surface area contributed by atoms with Crippen LogP contribution in [0.2, 0.25) is 0 Å². The van der Waals surface area contributed by atoms with Crippen molar-refractivity contribution in [2.45, 2.75) is 18.9 Å². The monoisotopic (exact) mass is 346 g/mol. The number of piperazine rings is 1. The summed E-state index contributed by atoms with van der Waals surface area (Å²) in [6, 6.07) is 4.85. The van der Waals surface area contributed by atoms with Crippen molar-refractivity contribution in [1.29, 1.82) is 0 Å². The molecule has 1 aromatic rings. The third-order valence-corrected chi connectivity index (χ3v) is 4.47. The summed E-state index contributed by atoms with van der Waals surface area (Å²) in [6.07, 6.45) is 2.81. The van der Waals surface area contributed by atoms with E-state index in [1.807, 2.05) is 0 Å². The molecular weight excluding hydrogens is 324 g/mol. The Morgan fingerprint density at radius 3 is 2.68 bits per heavy atom. The number of hydrogen-bond donors (Lipinski definition) is 1. The fourth-order valence-electron chi connectivity index (χ4n) is 2.98. The molecule has 25 heavy (non-hydrogen) atoms. The number of nitrogens with zero attached hydrogens (tertiary/aromatic N) is 3. The molecule has 2 aliphatic rings. The van der Waals surface area contributed by atoms with E-state index in [-0.39, 0.29) is 29.3 Å². The standard InChI is InChI=1S/C17H22N4O4/c22-12-20-6-8-21(9-7-20)17(24)15-5-1-4-14(19-15)16(23)18-11-13-3-2-10-25-13/h1,4-5,12-13H,2-3,6-11H2,(H,18,23). The van der Waals surface area contributed by atoms with Gasteiger partial charge in [0.05, 0.1) is 6.10 Å². The van der Waals surface area contributed by atoms with Gasteiger partial charge in [0.2, 0.25) is 6.41 Å². The van der Waals surface area contributed by atoms with Gasteiger partial charge in [-0.3, -0.25) is 14.4 Å². The minimum atomic E-state index is -0.309. The van der Waals surface area contributed by atoms with Crippen LogP contribution < -0.4 is 5.32 Å². The van der Waals surface area contributed by atoms with Crippen molar-refractivity contribution in [1.82, 2.24) is 20.1 Å². The first kappa shape index (κ1) is 17.3. The van der Waals surface area contributed by atoms with Crippen LogP contribution in [0.1, 0.15) is 33.8 Å². The van der Waals surface area contributed by atoms with Crippen molar-refractivity contribution in [3.8, 4) is 0 Å². The van der Waals surface area contributed by atoms with Crippen molar-refractivity contribution >= 4 is 18.2 Å². The van der Waals surface area contributed by atoms with Crippen LogP contribution in [0, 0.1) is 0 Å². The molecule has 134 valence electrons. The molecule has 0 spiro atoms. The Morgan fingerprint density at radius 2 is 2.00 bits per heavy atom. The predicted octanol–water partition coefficient (Wildman–Crippen LogP) is -0.0954. The lowest BCUT2D eigenvalue weighted by Crippen LogP contribution is -2.48. The minimum Gasteiger partial charge on any atom is -0.376 e. The molecule has 1 unspecified atom stereocenters. The van der Waals surface area contributed by atoms with E-state index >= 15 is 0 Å². The lowest BCUT2D eigenvalue weighted by atomic mass is 10.2. The largest absolute Gasteiger partial charge is 0.376 e. The molecule has 1 aromatic heterocycles. The minimum absolute atomic E-state index is 0.0582. The number of pyridine rings is 1. The summed E-state index contributed by atoms with van der Waals surface area (Å²) in [5.74, 6) is -0.532. The second kappa shape index (κ2) is 8.06. The third-order valence-electron chi connectivity index (χ3n) is 4.47. The molecule has 0 saturated carbocycles. The van der Waals surface area contributed by atoms with Gasteiger partial charge in [-0.1, -0.05) is 6.07 Å². The first-order valence-corrected chi connectivity index (χ1v) is 8.53. The number of hydrogen-bond acceptors (Lipinski definition) is 5. The number of carbonyl (C=O) groups excluding carboxylic acids is 3. The summed E-state index contributed by atoms with van der Waals surface area (Å²) in [5.41, 5.74) is 0.458. The van der Waals surface area contributed by atoms with Gasteiger partial charge in [-0.2, -0.15) is 0 Å². The number of amides is 3. The van der Waals surface area contributed by atoms with E-state index in [4.69, 9.17) is 4.74 Å². The molecule has 2 aliphatic heterocycles. The van der Waals surface area contributed by atoms with Crippen LogP contribution in [0.3, 0.4) is 0 Å². The Morgan fingerprint density at radius 1 is 1.24 bits per heavy atom. The van der Waals surface area contributed by atoms with Gasteiger partial charge in [0.25, 0.3) is 11.8 Å². The zero-order valence-electron chi connectivity index (χ0n) is 14.0. The van der Waals surface area contributed by atoms with Crippen molar-refractivity contribution in [3.05, 3.63) is 29.6 Å².